The van der Waals surface area contributed by atoms with Crippen LogP contribution in [0.3, 0.4) is 0 Å². The average Bonchev–Trinajstić information content (AvgIpc) is 3.33. The number of aryl methyl sites for hydroxylation is 2. The zero-order valence-electron chi connectivity index (χ0n) is 15.3. The van der Waals surface area contributed by atoms with Gasteiger partial charge >= 0.3 is 0 Å². The van der Waals surface area contributed by atoms with E-state index in [0.29, 0.717) is 18.1 Å². The third-order valence-corrected chi connectivity index (χ3v) is 5.49. The third-order valence-electron chi connectivity index (χ3n) is 4.60. The Bertz CT molecular complexity index is 920. The molecule has 4 rings (SSSR count). The van der Waals surface area contributed by atoms with E-state index in [1.807, 2.05) is 54.6 Å². The molecule has 1 aliphatic rings. The van der Waals surface area contributed by atoms with E-state index < -0.39 is 0 Å². The Labute approximate surface area is 161 Å². The number of hydrogen-bond donors (Lipinski definition) is 0. The lowest BCUT2D eigenvalue weighted by Crippen LogP contribution is -2.45. The van der Waals surface area contributed by atoms with E-state index in [0.717, 1.165) is 35.7 Å². The Morgan fingerprint density at radius 3 is 2.93 bits per heavy atom. The van der Waals surface area contributed by atoms with Gasteiger partial charge in [-0.2, -0.15) is 10.2 Å². The summed E-state index contributed by atoms with van der Waals surface area (Å²) in [6.45, 7) is 3.14. The molecule has 4 heterocycles. The maximum absolute atomic E-state index is 13.0. The van der Waals surface area contributed by atoms with Crippen LogP contribution in [0.2, 0.25) is 0 Å². The Morgan fingerprint density at radius 1 is 1.30 bits per heavy atom. The second-order valence-electron chi connectivity index (χ2n) is 6.66. The number of carbonyl (C=O) groups is 1. The van der Waals surface area contributed by atoms with Crippen molar-refractivity contribution in [2.75, 3.05) is 13.1 Å². The summed E-state index contributed by atoms with van der Waals surface area (Å²) in [5.74, 6) is 0.483. The van der Waals surface area contributed by atoms with Gasteiger partial charge in [-0.15, -0.1) is 16.4 Å². The van der Waals surface area contributed by atoms with E-state index in [-0.39, 0.29) is 12.0 Å². The van der Waals surface area contributed by atoms with E-state index in [1.165, 1.54) is 0 Å². The van der Waals surface area contributed by atoms with Gasteiger partial charge in [0.1, 0.15) is 17.5 Å². The number of nitrogens with zero attached hydrogens (tertiary/aromatic N) is 5. The van der Waals surface area contributed by atoms with Gasteiger partial charge in [0.2, 0.25) is 5.88 Å². The maximum atomic E-state index is 13.0. The van der Waals surface area contributed by atoms with Gasteiger partial charge in [0.15, 0.2) is 0 Å². The first-order valence-electron chi connectivity index (χ1n) is 8.94. The van der Waals surface area contributed by atoms with Crippen molar-refractivity contribution >= 4 is 17.2 Å². The molecule has 1 saturated heterocycles. The predicted molar refractivity (Wildman–Crippen MR) is 103 cm³/mol. The van der Waals surface area contributed by atoms with Gasteiger partial charge in [-0.25, -0.2) is 0 Å². The molecule has 0 spiro atoms. The molecule has 3 aromatic heterocycles. The van der Waals surface area contributed by atoms with Gasteiger partial charge in [0.25, 0.3) is 5.91 Å². The molecule has 0 N–H and O–H groups in total. The molecule has 3 aromatic rings. The summed E-state index contributed by atoms with van der Waals surface area (Å²) in [6, 6.07) is 9.54. The first-order valence-corrected chi connectivity index (χ1v) is 9.82. The van der Waals surface area contributed by atoms with E-state index in [9.17, 15) is 4.79 Å². The number of amides is 1. The van der Waals surface area contributed by atoms with Gasteiger partial charge < -0.3 is 9.64 Å². The zero-order valence-corrected chi connectivity index (χ0v) is 16.1. The number of ether oxygens (including phenoxy) is 1. The van der Waals surface area contributed by atoms with Crippen molar-refractivity contribution in [3.63, 3.8) is 0 Å². The Kier molecular flexibility index (Phi) is 4.89. The minimum absolute atomic E-state index is 0.0175. The first kappa shape index (κ1) is 17.7. The molecule has 0 bridgehead atoms. The van der Waals surface area contributed by atoms with Crippen molar-refractivity contribution in [2.24, 2.45) is 7.05 Å². The SMILES string of the molecule is Cc1ccc(OC2CCCN(C(=O)c3cc(-c4cccs4)nn3C)C2)nn1. The summed E-state index contributed by atoms with van der Waals surface area (Å²) in [4.78, 5) is 15.9. The summed E-state index contributed by atoms with van der Waals surface area (Å²) in [7, 11) is 1.81. The molecular weight excluding hydrogens is 362 g/mol. The number of rotatable bonds is 4. The zero-order chi connectivity index (χ0) is 18.8. The van der Waals surface area contributed by atoms with Crippen LogP contribution < -0.4 is 4.74 Å². The van der Waals surface area contributed by atoms with Crippen LogP contribution in [0.15, 0.2) is 35.7 Å². The predicted octanol–water partition coefficient (Wildman–Crippen LogP) is 2.93. The minimum atomic E-state index is -0.0790. The average molecular weight is 383 g/mol. The second-order valence-corrected chi connectivity index (χ2v) is 7.61. The van der Waals surface area contributed by atoms with Crippen molar-refractivity contribution in [1.82, 2.24) is 24.9 Å². The molecule has 0 aromatic carbocycles. The summed E-state index contributed by atoms with van der Waals surface area (Å²) in [5, 5.41) is 14.6. The largest absolute Gasteiger partial charge is 0.471 e. The highest BCUT2D eigenvalue weighted by Gasteiger charge is 2.28. The molecule has 7 nitrogen and oxygen atoms in total. The van der Waals surface area contributed by atoms with Gasteiger partial charge in [-0.05, 0) is 43.3 Å². The molecule has 0 aliphatic carbocycles. The van der Waals surface area contributed by atoms with Crippen LogP contribution in [0.1, 0.15) is 29.0 Å². The van der Waals surface area contributed by atoms with E-state index in [1.54, 1.807) is 16.0 Å². The Morgan fingerprint density at radius 2 is 2.19 bits per heavy atom. The van der Waals surface area contributed by atoms with Crippen LogP contribution in [0.4, 0.5) is 0 Å². The minimum Gasteiger partial charge on any atom is -0.471 e. The highest BCUT2D eigenvalue weighted by molar-refractivity contribution is 7.13. The number of aromatic nitrogens is 4. The Hall–Kier alpha value is -2.74. The van der Waals surface area contributed by atoms with Crippen molar-refractivity contribution < 1.29 is 9.53 Å². The quantitative estimate of drug-likeness (QED) is 0.693. The van der Waals surface area contributed by atoms with Crippen molar-refractivity contribution in [3.8, 4) is 16.5 Å². The summed E-state index contributed by atoms with van der Waals surface area (Å²) in [5.41, 5.74) is 2.27. The van der Waals surface area contributed by atoms with Crippen molar-refractivity contribution in [2.45, 2.75) is 25.9 Å². The maximum Gasteiger partial charge on any atom is 0.272 e. The standard InChI is InChI=1S/C19H21N5O2S/c1-13-7-8-18(21-20-13)26-14-5-3-9-24(12-14)19(25)16-11-15(22-23(16)2)17-6-4-10-27-17/h4,6-8,10-11,14H,3,5,9,12H2,1-2H3. The lowest BCUT2D eigenvalue weighted by Gasteiger charge is -2.32. The molecule has 1 amide bonds. The van der Waals surface area contributed by atoms with Crippen LogP contribution in [0.5, 0.6) is 5.88 Å². The molecule has 8 heteroatoms. The molecule has 1 atom stereocenters. The van der Waals surface area contributed by atoms with Gasteiger partial charge in [-0.1, -0.05) is 6.07 Å². The molecular formula is C19H21N5O2S. The van der Waals surface area contributed by atoms with Crippen LogP contribution in [0, 0.1) is 6.92 Å². The van der Waals surface area contributed by atoms with Crippen LogP contribution in [-0.4, -0.2) is 50.0 Å². The molecule has 0 radical (unpaired) electrons. The molecule has 1 fully saturated rings. The van der Waals surface area contributed by atoms with E-state index >= 15 is 0 Å². The monoisotopic (exact) mass is 383 g/mol. The molecule has 140 valence electrons. The topological polar surface area (TPSA) is 73.1 Å². The lowest BCUT2D eigenvalue weighted by atomic mass is 10.1. The molecule has 1 unspecified atom stereocenters. The number of thiophene rings is 1. The number of piperidine rings is 1. The van der Waals surface area contributed by atoms with Crippen LogP contribution >= 0.6 is 11.3 Å². The van der Waals surface area contributed by atoms with Crippen LogP contribution in [-0.2, 0) is 7.05 Å². The summed E-state index contributed by atoms with van der Waals surface area (Å²) < 4.78 is 7.59. The van der Waals surface area contributed by atoms with E-state index in [4.69, 9.17) is 4.74 Å². The first-order chi connectivity index (χ1) is 13.1. The van der Waals surface area contributed by atoms with E-state index in [2.05, 4.69) is 15.3 Å². The highest BCUT2D eigenvalue weighted by Crippen LogP contribution is 2.25. The Balaban J connectivity index is 1.46. The third kappa shape index (κ3) is 3.85. The fraction of sp³-hybridized carbons (Fsp3) is 0.368. The smallest absolute Gasteiger partial charge is 0.272 e. The normalized spacial score (nSPS) is 17.1. The molecule has 1 aliphatic heterocycles. The van der Waals surface area contributed by atoms with Crippen molar-refractivity contribution in [1.29, 1.82) is 0 Å². The number of carbonyl (C=O) groups excluding carboxylic acids is 1. The van der Waals surface area contributed by atoms with Crippen molar-refractivity contribution in [3.05, 3.63) is 47.1 Å². The van der Waals surface area contributed by atoms with Gasteiger partial charge in [0, 0.05) is 19.7 Å². The molecule has 27 heavy (non-hydrogen) atoms. The van der Waals surface area contributed by atoms with Gasteiger partial charge in [0.05, 0.1) is 17.1 Å². The fourth-order valence-corrected chi connectivity index (χ4v) is 3.89. The number of likely N-dealkylation sites (tertiary alicyclic amines) is 1. The van der Waals surface area contributed by atoms with Gasteiger partial charge in [-0.3, -0.25) is 9.48 Å². The summed E-state index contributed by atoms with van der Waals surface area (Å²) in [6.07, 6.45) is 1.71. The highest BCUT2D eigenvalue weighted by atomic mass is 32.1. The lowest BCUT2D eigenvalue weighted by molar-refractivity contribution is 0.0516. The second kappa shape index (κ2) is 7.48. The molecule has 0 saturated carbocycles. The number of hydrogen-bond acceptors (Lipinski definition) is 6. The summed E-state index contributed by atoms with van der Waals surface area (Å²) >= 11 is 1.61. The fourth-order valence-electron chi connectivity index (χ4n) is 3.21. The van der Waals surface area contributed by atoms with Crippen LogP contribution in [0.25, 0.3) is 10.6 Å².